The molecule has 5 rings (SSSR count). The Hall–Kier alpha value is -3.28. The number of hydrogen-bond acceptors (Lipinski definition) is 4. The van der Waals surface area contributed by atoms with Crippen LogP contribution in [0.15, 0.2) is 71.3 Å². The molecule has 5 nitrogen and oxygen atoms in total. The number of benzene rings is 3. The Balaban J connectivity index is 1.54. The summed E-state index contributed by atoms with van der Waals surface area (Å²) in [4.78, 5) is 11.3. The van der Waals surface area contributed by atoms with Gasteiger partial charge in [-0.15, -0.1) is 0 Å². The molecule has 1 aliphatic carbocycles. The number of rotatable bonds is 8. The summed E-state index contributed by atoms with van der Waals surface area (Å²) in [6, 6.07) is 20.6. The first-order valence-electron chi connectivity index (χ1n) is 11.0. The van der Waals surface area contributed by atoms with Crippen LogP contribution < -0.4 is 4.74 Å². The number of carboxylic acids is 1. The van der Waals surface area contributed by atoms with Crippen molar-refractivity contribution in [2.75, 3.05) is 0 Å². The van der Waals surface area contributed by atoms with E-state index in [1.807, 2.05) is 42.5 Å². The zero-order valence-corrected chi connectivity index (χ0v) is 19.6. The quantitative estimate of drug-likeness (QED) is 0.276. The van der Waals surface area contributed by atoms with E-state index in [4.69, 9.17) is 32.5 Å². The number of carboxylic acid groups (broad SMARTS) is 1. The van der Waals surface area contributed by atoms with Crippen LogP contribution in [0, 0.1) is 0 Å². The maximum atomic E-state index is 11.3. The highest BCUT2D eigenvalue weighted by Gasteiger charge is 2.33. The molecular weight excluding hydrogens is 473 g/mol. The predicted molar refractivity (Wildman–Crippen MR) is 131 cm³/mol. The first-order valence-corrected chi connectivity index (χ1v) is 11.7. The van der Waals surface area contributed by atoms with Crippen molar-refractivity contribution < 1.29 is 19.2 Å². The number of ether oxygens (including phenoxy) is 1. The summed E-state index contributed by atoms with van der Waals surface area (Å²) in [5.74, 6) is 0.773. The summed E-state index contributed by atoms with van der Waals surface area (Å²) >= 11 is 12.9. The van der Waals surface area contributed by atoms with Gasteiger partial charge in [-0.05, 0) is 42.2 Å². The summed E-state index contributed by atoms with van der Waals surface area (Å²) in [6.07, 6.45) is 1.97. The molecule has 3 aromatic carbocycles. The van der Waals surface area contributed by atoms with Gasteiger partial charge in [-0.2, -0.15) is 0 Å². The van der Waals surface area contributed by atoms with Crippen LogP contribution in [0.1, 0.15) is 35.6 Å². The van der Waals surface area contributed by atoms with Gasteiger partial charge < -0.3 is 14.4 Å². The zero-order valence-electron chi connectivity index (χ0n) is 18.1. The van der Waals surface area contributed by atoms with E-state index in [1.54, 1.807) is 24.3 Å². The zero-order chi connectivity index (χ0) is 23.7. The van der Waals surface area contributed by atoms with Gasteiger partial charge in [0.15, 0.2) is 0 Å². The number of carbonyl (C=O) groups is 1. The van der Waals surface area contributed by atoms with E-state index in [2.05, 4.69) is 5.16 Å². The first kappa shape index (κ1) is 22.5. The fraction of sp³-hybridized carbons (Fsp3) is 0.185. The number of halogens is 2. The van der Waals surface area contributed by atoms with Crippen LogP contribution in [-0.4, -0.2) is 16.2 Å². The molecule has 1 fully saturated rings. The van der Waals surface area contributed by atoms with Crippen LogP contribution in [0.5, 0.6) is 5.75 Å². The first-order chi connectivity index (χ1) is 16.5. The highest BCUT2D eigenvalue weighted by molar-refractivity contribution is 6.39. The minimum absolute atomic E-state index is 0.0908. The number of aliphatic carboxylic acids is 1. The Morgan fingerprint density at radius 1 is 1.03 bits per heavy atom. The molecular formula is C27H21Cl2NO4. The minimum atomic E-state index is -0.899. The van der Waals surface area contributed by atoms with Crippen molar-refractivity contribution in [3.63, 3.8) is 0 Å². The Labute approximate surface area is 206 Å². The van der Waals surface area contributed by atoms with E-state index in [-0.39, 0.29) is 13.0 Å². The molecule has 4 aromatic rings. The smallest absolute Gasteiger partial charge is 0.307 e. The second-order valence-corrected chi connectivity index (χ2v) is 9.12. The average Bonchev–Trinajstić information content (AvgIpc) is 3.58. The SMILES string of the molecule is O=C(O)Cc1ccc(-c2ccccc2)c(OCc2c(-c3c(Cl)cccc3Cl)noc2C2CC2)c1. The lowest BCUT2D eigenvalue weighted by atomic mass is 10.0. The highest BCUT2D eigenvalue weighted by atomic mass is 35.5. The fourth-order valence-electron chi connectivity index (χ4n) is 4.03. The number of aromatic nitrogens is 1. The van der Waals surface area contributed by atoms with Gasteiger partial charge in [0.2, 0.25) is 0 Å². The molecule has 0 radical (unpaired) electrons. The van der Waals surface area contributed by atoms with Gasteiger partial charge in [0, 0.05) is 17.0 Å². The predicted octanol–water partition coefficient (Wildman–Crippen LogP) is 7.40. The summed E-state index contributed by atoms with van der Waals surface area (Å²) in [6.45, 7) is 0.183. The third-order valence-corrected chi connectivity index (χ3v) is 6.45. The molecule has 0 amide bonds. The van der Waals surface area contributed by atoms with E-state index in [1.165, 1.54) is 0 Å². The van der Waals surface area contributed by atoms with Crippen molar-refractivity contribution >= 4 is 29.2 Å². The number of nitrogens with zero attached hydrogens (tertiary/aromatic N) is 1. The Morgan fingerprint density at radius 2 is 1.76 bits per heavy atom. The fourth-order valence-corrected chi connectivity index (χ4v) is 4.60. The van der Waals surface area contributed by atoms with Gasteiger partial charge in [0.05, 0.1) is 22.0 Å². The van der Waals surface area contributed by atoms with E-state index >= 15 is 0 Å². The molecule has 1 aliphatic rings. The molecule has 1 saturated carbocycles. The summed E-state index contributed by atoms with van der Waals surface area (Å²) in [5, 5.41) is 14.5. The Morgan fingerprint density at radius 3 is 2.44 bits per heavy atom. The topological polar surface area (TPSA) is 72.6 Å². The molecule has 1 aromatic heterocycles. The molecule has 0 saturated heterocycles. The molecule has 0 unspecified atom stereocenters. The monoisotopic (exact) mass is 493 g/mol. The van der Waals surface area contributed by atoms with Gasteiger partial charge >= 0.3 is 5.97 Å². The van der Waals surface area contributed by atoms with Crippen molar-refractivity contribution in [3.05, 3.63) is 93.7 Å². The molecule has 1 N–H and O–H groups in total. The molecule has 0 bridgehead atoms. The lowest BCUT2D eigenvalue weighted by Gasteiger charge is -2.14. The van der Waals surface area contributed by atoms with Gasteiger partial charge in [0.25, 0.3) is 0 Å². The molecule has 0 aliphatic heterocycles. The summed E-state index contributed by atoms with van der Waals surface area (Å²) in [7, 11) is 0. The molecule has 7 heteroatoms. The minimum Gasteiger partial charge on any atom is -0.488 e. The lowest BCUT2D eigenvalue weighted by molar-refractivity contribution is -0.136. The third kappa shape index (κ3) is 4.67. The maximum Gasteiger partial charge on any atom is 0.307 e. The van der Waals surface area contributed by atoms with E-state index < -0.39 is 5.97 Å². The van der Waals surface area contributed by atoms with Crippen molar-refractivity contribution in [1.82, 2.24) is 5.16 Å². The van der Waals surface area contributed by atoms with E-state index in [0.717, 1.165) is 35.3 Å². The molecule has 34 heavy (non-hydrogen) atoms. The largest absolute Gasteiger partial charge is 0.488 e. The van der Waals surface area contributed by atoms with E-state index in [0.29, 0.717) is 38.5 Å². The van der Waals surface area contributed by atoms with Crippen LogP contribution in [0.25, 0.3) is 22.4 Å². The summed E-state index contributed by atoms with van der Waals surface area (Å²) < 4.78 is 12.1. The highest BCUT2D eigenvalue weighted by Crippen LogP contribution is 2.46. The van der Waals surface area contributed by atoms with Crippen molar-refractivity contribution in [3.8, 4) is 28.1 Å². The second-order valence-electron chi connectivity index (χ2n) is 8.30. The van der Waals surface area contributed by atoms with Gasteiger partial charge in [0.1, 0.15) is 23.8 Å². The third-order valence-electron chi connectivity index (χ3n) is 5.82. The Kier molecular flexibility index (Phi) is 6.31. The second kappa shape index (κ2) is 9.53. The molecule has 172 valence electrons. The normalized spacial score (nSPS) is 13.1. The van der Waals surface area contributed by atoms with Gasteiger partial charge in [-0.3, -0.25) is 4.79 Å². The van der Waals surface area contributed by atoms with Crippen LogP contribution in [0.2, 0.25) is 10.0 Å². The molecule has 1 heterocycles. The Bertz CT molecular complexity index is 1330. The van der Waals surface area contributed by atoms with Crippen molar-refractivity contribution in [1.29, 1.82) is 0 Å². The molecule has 0 spiro atoms. The van der Waals surface area contributed by atoms with Crippen molar-refractivity contribution in [2.45, 2.75) is 31.8 Å². The average molecular weight is 494 g/mol. The lowest BCUT2D eigenvalue weighted by Crippen LogP contribution is -2.03. The summed E-state index contributed by atoms with van der Waals surface area (Å²) in [5.41, 5.74) is 4.49. The van der Waals surface area contributed by atoms with Crippen LogP contribution in [-0.2, 0) is 17.8 Å². The van der Waals surface area contributed by atoms with Crippen molar-refractivity contribution in [2.24, 2.45) is 0 Å². The van der Waals surface area contributed by atoms with Gasteiger partial charge in [-0.25, -0.2) is 0 Å². The number of hydrogen-bond donors (Lipinski definition) is 1. The van der Waals surface area contributed by atoms with Crippen LogP contribution in [0.3, 0.4) is 0 Å². The standard InChI is InChI=1S/C27H21Cl2NO4/c28-21-7-4-8-22(29)25(21)26-20(27(34-30-26)18-10-11-18)15-33-23-13-16(14-24(31)32)9-12-19(23)17-5-2-1-3-6-17/h1-9,12-13,18H,10-11,14-15H2,(H,31,32). The molecule has 0 atom stereocenters. The van der Waals surface area contributed by atoms with Gasteiger partial charge in [-0.1, -0.05) is 76.9 Å². The maximum absolute atomic E-state index is 11.3. The van der Waals surface area contributed by atoms with Crippen LogP contribution in [0.4, 0.5) is 0 Å². The van der Waals surface area contributed by atoms with Crippen LogP contribution >= 0.6 is 23.2 Å². The van der Waals surface area contributed by atoms with E-state index in [9.17, 15) is 9.90 Å².